The first-order valence-electron chi connectivity index (χ1n) is 13.3. The second-order valence-corrected chi connectivity index (χ2v) is 11.4. The summed E-state index contributed by atoms with van der Waals surface area (Å²) in [5, 5.41) is 6.14. The summed E-state index contributed by atoms with van der Waals surface area (Å²) in [6.45, 7) is 7.21. The molecule has 3 aliphatic rings. The minimum atomic E-state index is -0.698. The Morgan fingerprint density at radius 2 is 2.00 bits per heavy atom. The lowest BCUT2D eigenvalue weighted by molar-refractivity contribution is -0.143. The van der Waals surface area contributed by atoms with E-state index >= 15 is 0 Å². The molecule has 0 radical (unpaired) electrons. The first kappa shape index (κ1) is 25.7. The van der Waals surface area contributed by atoms with Crippen molar-refractivity contribution in [1.29, 1.82) is 0 Å². The van der Waals surface area contributed by atoms with Crippen molar-refractivity contribution in [2.75, 3.05) is 25.5 Å². The summed E-state index contributed by atoms with van der Waals surface area (Å²) in [4.78, 5) is 31.9. The third-order valence-corrected chi connectivity index (χ3v) is 7.31. The highest BCUT2D eigenvalue weighted by Gasteiger charge is 2.40. The topological polar surface area (TPSA) is 92.8 Å². The number of esters is 1. The number of aromatic nitrogens is 1. The molecule has 1 aliphatic heterocycles. The summed E-state index contributed by atoms with van der Waals surface area (Å²) in [6.07, 6.45) is 9.28. The molecule has 0 aromatic carbocycles. The fourth-order valence-electron chi connectivity index (χ4n) is 5.26. The molecule has 35 heavy (non-hydrogen) atoms. The highest BCUT2D eigenvalue weighted by atomic mass is 16.6. The molecule has 8 heteroatoms. The van der Waals surface area contributed by atoms with Crippen LogP contribution >= 0.6 is 0 Å². The largest absolute Gasteiger partial charge is 0.467 e. The van der Waals surface area contributed by atoms with E-state index < -0.39 is 23.7 Å². The van der Waals surface area contributed by atoms with Crippen molar-refractivity contribution < 1.29 is 19.1 Å². The average Bonchev–Trinajstić information content (AvgIpc) is 3.62. The van der Waals surface area contributed by atoms with E-state index in [1.807, 2.05) is 0 Å². The fraction of sp³-hybridized carbons (Fsp3) is 0.741. The highest BCUT2D eigenvalue weighted by Crippen LogP contribution is 2.40. The van der Waals surface area contributed by atoms with Crippen LogP contribution in [0.3, 0.4) is 0 Å². The smallest absolute Gasteiger partial charge is 0.408 e. The molecule has 8 nitrogen and oxygen atoms in total. The molecule has 1 aromatic heterocycles. The van der Waals surface area contributed by atoms with E-state index in [1.165, 1.54) is 56.9 Å². The number of anilines is 1. The van der Waals surface area contributed by atoms with Crippen molar-refractivity contribution in [1.82, 2.24) is 15.2 Å². The van der Waals surface area contributed by atoms with Crippen molar-refractivity contribution >= 4 is 17.9 Å². The molecule has 2 heterocycles. The lowest BCUT2D eigenvalue weighted by atomic mass is 9.76. The molecule has 2 aliphatic carbocycles. The van der Waals surface area contributed by atoms with Gasteiger partial charge in [0.1, 0.15) is 17.5 Å². The van der Waals surface area contributed by atoms with Crippen molar-refractivity contribution in [2.45, 2.75) is 102 Å². The third-order valence-electron chi connectivity index (χ3n) is 7.31. The van der Waals surface area contributed by atoms with Crippen LogP contribution in [0, 0.1) is 5.92 Å². The minimum Gasteiger partial charge on any atom is -0.467 e. The molecule has 0 spiro atoms. The van der Waals surface area contributed by atoms with Crippen molar-refractivity contribution in [3.05, 3.63) is 23.4 Å². The first-order chi connectivity index (χ1) is 16.7. The molecule has 4 rings (SSSR count). The van der Waals surface area contributed by atoms with E-state index in [4.69, 9.17) is 14.5 Å². The molecule has 194 valence electrons. The Morgan fingerprint density at radius 3 is 2.69 bits per heavy atom. The number of aryl methyl sites for hydroxylation is 2. The van der Waals surface area contributed by atoms with Crippen molar-refractivity contribution in [3.8, 4) is 0 Å². The molecule has 0 saturated heterocycles. The van der Waals surface area contributed by atoms with Gasteiger partial charge in [0.05, 0.1) is 7.11 Å². The highest BCUT2D eigenvalue weighted by molar-refractivity contribution is 5.81. The number of rotatable bonds is 10. The maximum atomic E-state index is 12.3. The van der Waals surface area contributed by atoms with Crippen LogP contribution < -0.4 is 10.6 Å². The number of hydrogen-bond acceptors (Lipinski definition) is 7. The standard InChI is InChI=1S/C27H42N4O4/c1-27(2,3)35-26(33)30-23(25(32)34-4)13-15-31(21-11-12-21)22-16-18(17-22)7-9-20-10-8-19-6-5-14-28-24(19)29-20/h8,10,18,21-23H,5-7,9,11-17H2,1-4H3,(H,28,29)(H,30,33). The number of alkyl carbamates (subject to hydrolysis) is 1. The number of nitrogens with zero attached hydrogens (tertiary/aromatic N) is 2. The predicted octanol–water partition coefficient (Wildman–Crippen LogP) is 4.07. The Kier molecular flexibility index (Phi) is 8.19. The number of nitrogens with one attached hydrogen (secondary N) is 2. The van der Waals surface area contributed by atoms with Gasteiger partial charge in [0, 0.05) is 30.9 Å². The van der Waals surface area contributed by atoms with Crippen LogP contribution in [-0.4, -0.2) is 65.9 Å². The van der Waals surface area contributed by atoms with E-state index in [0.717, 1.165) is 37.7 Å². The van der Waals surface area contributed by atoms with Crippen molar-refractivity contribution in [3.63, 3.8) is 0 Å². The van der Waals surface area contributed by atoms with Gasteiger partial charge in [0.25, 0.3) is 0 Å². The summed E-state index contributed by atoms with van der Waals surface area (Å²) in [5.41, 5.74) is 1.92. The molecule has 1 unspecified atom stereocenters. The van der Waals surface area contributed by atoms with Crippen LogP contribution in [0.25, 0.3) is 0 Å². The van der Waals surface area contributed by atoms with E-state index in [0.29, 0.717) is 18.5 Å². The zero-order valence-corrected chi connectivity index (χ0v) is 21.8. The minimum absolute atomic E-state index is 0.426. The number of fused-ring (bicyclic) bond motifs is 1. The number of hydrogen-bond donors (Lipinski definition) is 2. The van der Waals surface area contributed by atoms with Crippen LogP contribution in [0.5, 0.6) is 0 Å². The maximum absolute atomic E-state index is 12.3. The van der Waals surface area contributed by atoms with Crippen LogP contribution in [-0.2, 0) is 27.1 Å². The lowest BCUT2D eigenvalue weighted by Gasteiger charge is -2.44. The number of pyridine rings is 1. The number of carbonyl (C=O) groups is 2. The zero-order valence-electron chi connectivity index (χ0n) is 21.8. The molecule has 2 N–H and O–H groups in total. The molecule has 2 fully saturated rings. The SMILES string of the molecule is COC(=O)C(CCN(C1CC1)C1CC(CCc2ccc3c(n2)NCCC3)C1)NC(=O)OC(C)(C)C. The second kappa shape index (κ2) is 11.1. The van der Waals surface area contributed by atoms with Gasteiger partial charge in [-0.05, 0) is 96.1 Å². The number of ether oxygens (including phenoxy) is 2. The van der Waals surface area contributed by atoms with E-state index in [1.54, 1.807) is 20.8 Å². The zero-order chi connectivity index (χ0) is 25.0. The Bertz CT molecular complexity index is 890. The fourth-order valence-corrected chi connectivity index (χ4v) is 5.26. The quantitative estimate of drug-likeness (QED) is 0.482. The van der Waals surface area contributed by atoms with Gasteiger partial charge in [-0.3, -0.25) is 4.90 Å². The van der Waals surface area contributed by atoms with Gasteiger partial charge in [-0.15, -0.1) is 0 Å². The van der Waals surface area contributed by atoms with Gasteiger partial charge in [-0.2, -0.15) is 0 Å². The summed E-state index contributed by atoms with van der Waals surface area (Å²) in [5.74, 6) is 1.38. The Morgan fingerprint density at radius 1 is 1.23 bits per heavy atom. The Hall–Kier alpha value is -2.35. The average molecular weight is 487 g/mol. The normalized spacial score (nSPS) is 22.4. The molecule has 2 saturated carbocycles. The van der Waals surface area contributed by atoms with E-state index in [2.05, 4.69) is 27.7 Å². The lowest BCUT2D eigenvalue weighted by Crippen LogP contribution is -2.50. The first-order valence-corrected chi connectivity index (χ1v) is 13.3. The van der Waals surface area contributed by atoms with Crippen LogP contribution in [0.1, 0.15) is 77.0 Å². The molecular formula is C27H42N4O4. The van der Waals surface area contributed by atoms with Gasteiger partial charge >= 0.3 is 12.1 Å². The van der Waals surface area contributed by atoms with Gasteiger partial charge in [-0.25, -0.2) is 14.6 Å². The van der Waals surface area contributed by atoms with E-state index in [9.17, 15) is 9.59 Å². The van der Waals surface area contributed by atoms with Gasteiger partial charge in [0.15, 0.2) is 0 Å². The molecule has 1 aromatic rings. The number of carbonyl (C=O) groups excluding carboxylic acids is 2. The third kappa shape index (κ3) is 7.32. The molecule has 1 amide bonds. The van der Waals surface area contributed by atoms with Crippen LogP contribution in [0.4, 0.5) is 10.6 Å². The summed E-state index contributed by atoms with van der Waals surface area (Å²) < 4.78 is 10.3. The Labute approximate surface area is 209 Å². The second-order valence-electron chi connectivity index (χ2n) is 11.4. The summed E-state index contributed by atoms with van der Waals surface area (Å²) >= 11 is 0. The molecule has 0 bridgehead atoms. The van der Waals surface area contributed by atoms with Crippen LogP contribution in [0.2, 0.25) is 0 Å². The van der Waals surface area contributed by atoms with Gasteiger partial charge in [0.2, 0.25) is 0 Å². The number of amides is 1. The summed E-state index contributed by atoms with van der Waals surface area (Å²) in [6, 6.07) is 4.91. The monoisotopic (exact) mass is 486 g/mol. The van der Waals surface area contributed by atoms with Crippen molar-refractivity contribution in [2.24, 2.45) is 5.92 Å². The van der Waals surface area contributed by atoms with Gasteiger partial charge < -0.3 is 20.1 Å². The Balaban J connectivity index is 1.24. The summed E-state index contributed by atoms with van der Waals surface area (Å²) in [7, 11) is 1.36. The van der Waals surface area contributed by atoms with Gasteiger partial charge in [-0.1, -0.05) is 6.07 Å². The maximum Gasteiger partial charge on any atom is 0.408 e. The number of methoxy groups -OCH3 is 1. The van der Waals surface area contributed by atoms with Crippen LogP contribution in [0.15, 0.2) is 12.1 Å². The molecular weight excluding hydrogens is 444 g/mol. The van der Waals surface area contributed by atoms with E-state index in [-0.39, 0.29) is 0 Å². The molecule has 1 atom stereocenters. The predicted molar refractivity (Wildman–Crippen MR) is 135 cm³/mol.